The van der Waals surface area contributed by atoms with Gasteiger partial charge >= 0.3 is 0 Å². The van der Waals surface area contributed by atoms with E-state index in [1.807, 2.05) is 12.1 Å². The van der Waals surface area contributed by atoms with Gasteiger partial charge in [-0.3, -0.25) is 0 Å². The Morgan fingerprint density at radius 2 is 1.46 bits per heavy atom. The summed E-state index contributed by atoms with van der Waals surface area (Å²) in [6.45, 7) is 5.68. The number of halogens is 3. The molecule has 3 aromatic rings. The van der Waals surface area contributed by atoms with Crippen molar-refractivity contribution >= 4 is 5.57 Å². The van der Waals surface area contributed by atoms with Crippen molar-refractivity contribution in [1.82, 2.24) is 0 Å². The third-order valence-electron chi connectivity index (χ3n) is 8.49. The van der Waals surface area contributed by atoms with Crippen LogP contribution in [0.4, 0.5) is 13.2 Å². The second-order valence-electron chi connectivity index (χ2n) is 10.8. The molecule has 202 valence electrons. The van der Waals surface area contributed by atoms with E-state index < -0.39 is 11.6 Å². The molecule has 39 heavy (non-hydrogen) atoms. The summed E-state index contributed by atoms with van der Waals surface area (Å²) in [4.78, 5) is 0. The second kappa shape index (κ2) is 12.1. The van der Waals surface area contributed by atoms with Gasteiger partial charge in [-0.1, -0.05) is 54.6 Å². The van der Waals surface area contributed by atoms with Crippen LogP contribution in [0.25, 0.3) is 27.8 Å². The van der Waals surface area contributed by atoms with E-state index in [2.05, 4.69) is 18.7 Å². The summed E-state index contributed by atoms with van der Waals surface area (Å²) in [5, 5.41) is 0. The monoisotopic (exact) mass is 528 g/mol. The maximum atomic E-state index is 15.3. The van der Waals surface area contributed by atoms with Crippen molar-refractivity contribution in [2.75, 3.05) is 0 Å². The Kier molecular flexibility index (Phi) is 8.40. The number of allylic oxidation sites excluding steroid dienone is 4. The molecular weight excluding hydrogens is 493 g/mol. The summed E-state index contributed by atoms with van der Waals surface area (Å²) in [5.41, 5.74) is 4.02. The smallest absolute Gasteiger partial charge is 0.201 e. The summed E-state index contributed by atoms with van der Waals surface area (Å²) in [7, 11) is 0. The van der Waals surface area contributed by atoms with E-state index in [1.54, 1.807) is 43.3 Å². The van der Waals surface area contributed by atoms with Crippen LogP contribution in [0.1, 0.15) is 57.4 Å². The van der Waals surface area contributed by atoms with Gasteiger partial charge < -0.3 is 4.74 Å². The van der Waals surface area contributed by atoms with Gasteiger partial charge in [0, 0.05) is 11.1 Å². The standard InChI is InChI=1S/C35H35F3O/c1-3-21-39-33-20-19-31(34(37)35(33)38)28-15-11-26(12-16-28)29-17-18-30(32(36)22-29)27-13-9-25(10-14-27)24-7-5-23(4-2)6-8-24/h3-4,11-13,15-25H,2,5-10,14H2,1H3/b21-3-. The first-order valence-electron chi connectivity index (χ1n) is 14.0. The molecule has 0 radical (unpaired) electrons. The van der Waals surface area contributed by atoms with Gasteiger partial charge in [0.25, 0.3) is 0 Å². The molecule has 5 rings (SSSR count). The SMILES string of the molecule is C=CC1CCC(C2CC=C(c3ccc(-c4ccc(-c5ccc(O/C=C\C)c(F)c5F)cc4)cc3F)CC2)CC1. The Bertz CT molecular complexity index is 1380. The van der Waals surface area contributed by atoms with Crippen LogP contribution in [0.5, 0.6) is 5.75 Å². The molecule has 3 aromatic carbocycles. The minimum atomic E-state index is -1.03. The van der Waals surface area contributed by atoms with Crippen molar-refractivity contribution in [1.29, 1.82) is 0 Å². The molecule has 1 saturated carbocycles. The average molecular weight is 529 g/mol. The number of ether oxygens (including phenoxy) is 1. The van der Waals surface area contributed by atoms with Crippen LogP contribution in [-0.2, 0) is 0 Å². The molecule has 1 fully saturated rings. The molecule has 1 nitrogen and oxygen atoms in total. The van der Waals surface area contributed by atoms with Gasteiger partial charge in [-0.15, -0.1) is 6.58 Å². The fourth-order valence-electron chi connectivity index (χ4n) is 6.16. The highest BCUT2D eigenvalue weighted by Gasteiger charge is 2.28. The average Bonchev–Trinajstić information content (AvgIpc) is 2.98. The zero-order chi connectivity index (χ0) is 27.4. The van der Waals surface area contributed by atoms with Gasteiger partial charge in [0.2, 0.25) is 5.82 Å². The summed E-state index contributed by atoms with van der Waals surface area (Å²) in [6, 6.07) is 15.3. The largest absolute Gasteiger partial charge is 0.462 e. The maximum absolute atomic E-state index is 15.3. The normalized spacial score (nSPS) is 21.5. The summed E-state index contributed by atoms with van der Waals surface area (Å²) >= 11 is 0. The van der Waals surface area contributed by atoms with Crippen LogP contribution >= 0.6 is 0 Å². The van der Waals surface area contributed by atoms with Gasteiger partial charge in [0.05, 0.1) is 6.26 Å². The molecular formula is C35H35F3O. The van der Waals surface area contributed by atoms with Crippen molar-refractivity contribution in [3.05, 3.63) is 109 Å². The predicted octanol–water partition coefficient (Wildman–Crippen LogP) is 10.5. The first kappa shape index (κ1) is 27.1. The number of rotatable bonds is 7. The van der Waals surface area contributed by atoms with Crippen LogP contribution in [0.3, 0.4) is 0 Å². The van der Waals surface area contributed by atoms with E-state index in [1.165, 1.54) is 44.1 Å². The Morgan fingerprint density at radius 3 is 2.10 bits per heavy atom. The number of hydrogen-bond acceptors (Lipinski definition) is 1. The van der Waals surface area contributed by atoms with E-state index in [9.17, 15) is 8.78 Å². The lowest BCUT2D eigenvalue weighted by molar-refractivity contribution is 0.212. The third kappa shape index (κ3) is 5.90. The molecule has 4 heteroatoms. The molecule has 0 aromatic heterocycles. The quantitative estimate of drug-likeness (QED) is 0.219. The van der Waals surface area contributed by atoms with E-state index in [4.69, 9.17) is 4.74 Å². The summed E-state index contributed by atoms with van der Waals surface area (Å²) < 4.78 is 49.5. The fourth-order valence-corrected chi connectivity index (χ4v) is 6.16. The lowest BCUT2D eigenvalue weighted by atomic mass is 9.71. The molecule has 2 aliphatic carbocycles. The van der Waals surface area contributed by atoms with Crippen molar-refractivity contribution in [2.45, 2.75) is 51.9 Å². The summed E-state index contributed by atoms with van der Waals surface area (Å²) in [6.07, 6.45) is 15.4. The molecule has 0 bridgehead atoms. The fraction of sp³-hybridized carbons (Fsp3) is 0.314. The highest BCUT2D eigenvalue weighted by Crippen LogP contribution is 2.42. The van der Waals surface area contributed by atoms with E-state index in [0.29, 0.717) is 23.0 Å². The van der Waals surface area contributed by atoms with E-state index >= 15 is 4.39 Å². The van der Waals surface area contributed by atoms with Gasteiger partial charge in [-0.25, -0.2) is 8.78 Å². The van der Waals surface area contributed by atoms with Crippen LogP contribution in [0.2, 0.25) is 0 Å². The second-order valence-corrected chi connectivity index (χ2v) is 10.8. The van der Waals surface area contributed by atoms with Gasteiger partial charge in [0.15, 0.2) is 11.6 Å². The highest BCUT2D eigenvalue weighted by atomic mass is 19.2. The molecule has 0 amide bonds. The zero-order valence-corrected chi connectivity index (χ0v) is 22.4. The minimum absolute atomic E-state index is 0.143. The number of hydrogen-bond donors (Lipinski definition) is 0. The van der Waals surface area contributed by atoms with Crippen LogP contribution in [-0.4, -0.2) is 0 Å². The lowest BCUT2D eigenvalue weighted by Gasteiger charge is -2.34. The lowest BCUT2D eigenvalue weighted by Crippen LogP contribution is -2.22. The Hall–Kier alpha value is -3.53. The summed E-state index contributed by atoms with van der Waals surface area (Å²) in [5.74, 6) is -0.222. The highest BCUT2D eigenvalue weighted by molar-refractivity contribution is 5.74. The predicted molar refractivity (Wildman–Crippen MR) is 154 cm³/mol. The topological polar surface area (TPSA) is 9.23 Å². The van der Waals surface area contributed by atoms with E-state index in [0.717, 1.165) is 41.9 Å². The van der Waals surface area contributed by atoms with Crippen LogP contribution < -0.4 is 4.74 Å². The molecule has 2 aliphatic rings. The Morgan fingerprint density at radius 1 is 0.769 bits per heavy atom. The molecule has 0 saturated heterocycles. The third-order valence-corrected chi connectivity index (χ3v) is 8.49. The zero-order valence-electron chi connectivity index (χ0n) is 22.4. The van der Waals surface area contributed by atoms with Crippen molar-refractivity contribution in [3.8, 4) is 28.0 Å². The van der Waals surface area contributed by atoms with E-state index in [-0.39, 0.29) is 17.1 Å². The van der Waals surface area contributed by atoms with Gasteiger partial charge in [0.1, 0.15) is 5.82 Å². The van der Waals surface area contributed by atoms with Gasteiger partial charge in [-0.05, 0) is 110 Å². The van der Waals surface area contributed by atoms with Crippen molar-refractivity contribution in [2.24, 2.45) is 17.8 Å². The van der Waals surface area contributed by atoms with Crippen molar-refractivity contribution in [3.63, 3.8) is 0 Å². The first-order chi connectivity index (χ1) is 19.0. The molecule has 1 atom stereocenters. The Balaban J connectivity index is 1.27. The molecule has 0 N–H and O–H groups in total. The number of benzene rings is 3. The molecule has 1 unspecified atom stereocenters. The molecule has 0 aliphatic heterocycles. The first-order valence-corrected chi connectivity index (χ1v) is 14.0. The van der Waals surface area contributed by atoms with Crippen LogP contribution in [0.15, 0.2) is 85.7 Å². The minimum Gasteiger partial charge on any atom is -0.462 e. The Labute approximate surface area is 229 Å². The molecule has 0 heterocycles. The van der Waals surface area contributed by atoms with Gasteiger partial charge in [-0.2, -0.15) is 4.39 Å². The molecule has 0 spiro atoms. The maximum Gasteiger partial charge on any atom is 0.201 e. The van der Waals surface area contributed by atoms with Crippen molar-refractivity contribution < 1.29 is 17.9 Å². The van der Waals surface area contributed by atoms with Crippen LogP contribution in [0, 0.1) is 35.2 Å².